The first-order chi connectivity index (χ1) is 8.28. The molecular weight excluding hydrogens is 305 g/mol. The van der Waals surface area contributed by atoms with Crippen LogP contribution in [0, 0.1) is 0 Å². The molecule has 2 rings (SSSR count). The van der Waals surface area contributed by atoms with Crippen molar-refractivity contribution in [3.63, 3.8) is 0 Å². The number of alkyl halides is 1. The van der Waals surface area contributed by atoms with Gasteiger partial charge in [0.1, 0.15) is 12.4 Å². The second-order valence-corrected chi connectivity index (χ2v) is 4.60. The number of rotatable bonds is 5. The van der Waals surface area contributed by atoms with Crippen LogP contribution < -0.4 is 4.74 Å². The SMILES string of the molecule is ClCc1cn(CCOc2cccc(Br)c2)nn1. The number of hydrogen-bond donors (Lipinski definition) is 0. The van der Waals surface area contributed by atoms with Crippen LogP contribution in [0.4, 0.5) is 0 Å². The van der Waals surface area contributed by atoms with Gasteiger partial charge in [-0.15, -0.1) is 16.7 Å². The summed E-state index contributed by atoms with van der Waals surface area (Å²) in [5.74, 6) is 1.21. The van der Waals surface area contributed by atoms with Gasteiger partial charge in [-0.25, -0.2) is 4.68 Å². The Morgan fingerprint density at radius 2 is 2.29 bits per heavy atom. The van der Waals surface area contributed by atoms with E-state index in [0.29, 0.717) is 19.0 Å². The molecule has 1 heterocycles. The predicted octanol–water partition coefficient (Wildman–Crippen LogP) is 2.86. The zero-order valence-electron chi connectivity index (χ0n) is 9.01. The maximum atomic E-state index is 5.64. The van der Waals surface area contributed by atoms with Crippen molar-refractivity contribution in [2.75, 3.05) is 6.61 Å². The molecule has 0 bridgehead atoms. The summed E-state index contributed by atoms with van der Waals surface area (Å²) in [5.41, 5.74) is 0.772. The van der Waals surface area contributed by atoms with Crippen molar-refractivity contribution in [3.05, 3.63) is 40.6 Å². The van der Waals surface area contributed by atoms with E-state index in [1.54, 1.807) is 4.68 Å². The highest BCUT2D eigenvalue weighted by Crippen LogP contribution is 2.17. The lowest BCUT2D eigenvalue weighted by molar-refractivity contribution is 0.289. The zero-order chi connectivity index (χ0) is 12.1. The topological polar surface area (TPSA) is 39.9 Å². The molecule has 17 heavy (non-hydrogen) atoms. The van der Waals surface area contributed by atoms with E-state index in [-0.39, 0.29) is 0 Å². The van der Waals surface area contributed by atoms with Crippen LogP contribution in [0.2, 0.25) is 0 Å². The van der Waals surface area contributed by atoms with E-state index < -0.39 is 0 Å². The molecule has 0 aliphatic carbocycles. The lowest BCUT2D eigenvalue weighted by atomic mass is 10.3. The Balaban J connectivity index is 1.83. The maximum absolute atomic E-state index is 5.64. The molecule has 0 aliphatic rings. The van der Waals surface area contributed by atoms with Crippen LogP contribution in [0.25, 0.3) is 0 Å². The van der Waals surface area contributed by atoms with Gasteiger partial charge in [-0.05, 0) is 18.2 Å². The van der Waals surface area contributed by atoms with Crippen molar-refractivity contribution in [1.82, 2.24) is 15.0 Å². The summed E-state index contributed by atoms with van der Waals surface area (Å²) in [6, 6.07) is 7.72. The van der Waals surface area contributed by atoms with Crippen molar-refractivity contribution in [2.24, 2.45) is 0 Å². The summed E-state index contributed by atoms with van der Waals surface area (Å²) < 4.78 is 8.30. The van der Waals surface area contributed by atoms with Crippen LogP contribution in [-0.4, -0.2) is 21.6 Å². The van der Waals surface area contributed by atoms with Crippen molar-refractivity contribution < 1.29 is 4.74 Å². The average Bonchev–Trinajstić information content (AvgIpc) is 2.77. The minimum Gasteiger partial charge on any atom is -0.492 e. The fourth-order valence-corrected chi connectivity index (χ4v) is 1.82. The smallest absolute Gasteiger partial charge is 0.120 e. The average molecular weight is 317 g/mol. The molecule has 1 aromatic heterocycles. The summed E-state index contributed by atoms with van der Waals surface area (Å²) in [4.78, 5) is 0. The highest BCUT2D eigenvalue weighted by Gasteiger charge is 1.99. The standard InChI is InChI=1S/C11H11BrClN3O/c12-9-2-1-3-11(6-9)17-5-4-16-8-10(7-13)14-15-16/h1-3,6,8H,4-5,7H2. The highest BCUT2D eigenvalue weighted by molar-refractivity contribution is 9.10. The van der Waals surface area contributed by atoms with Crippen molar-refractivity contribution in [1.29, 1.82) is 0 Å². The van der Waals surface area contributed by atoms with Gasteiger partial charge in [0.2, 0.25) is 0 Å². The fraction of sp³-hybridized carbons (Fsp3) is 0.273. The van der Waals surface area contributed by atoms with E-state index in [0.717, 1.165) is 15.9 Å². The molecule has 0 unspecified atom stereocenters. The summed E-state index contributed by atoms with van der Waals surface area (Å²) in [7, 11) is 0. The molecular formula is C11H11BrClN3O. The Morgan fingerprint density at radius 1 is 1.41 bits per heavy atom. The summed E-state index contributed by atoms with van der Waals surface area (Å²) in [6.07, 6.45) is 1.82. The monoisotopic (exact) mass is 315 g/mol. The molecule has 1 aromatic carbocycles. The van der Waals surface area contributed by atoms with Crippen LogP contribution in [-0.2, 0) is 12.4 Å². The molecule has 4 nitrogen and oxygen atoms in total. The minimum absolute atomic E-state index is 0.381. The molecule has 0 radical (unpaired) electrons. The third-order valence-electron chi connectivity index (χ3n) is 2.11. The van der Waals surface area contributed by atoms with Gasteiger partial charge in [0.25, 0.3) is 0 Å². The molecule has 0 fully saturated rings. The largest absolute Gasteiger partial charge is 0.492 e. The first kappa shape index (κ1) is 12.4. The van der Waals surface area contributed by atoms with Gasteiger partial charge in [0, 0.05) is 10.7 Å². The third-order valence-corrected chi connectivity index (χ3v) is 2.88. The quantitative estimate of drug-likeness (QED) is 0.796. The van der Waals surface area contributed by atoms with E-state index in [1.807, 2.05) is 30.5 Å². The Hall–Kier alpha value is -1.07. The molecule has 0 atom stereocenters. The Labute approximate surface area is 113 Å². The van der Waals surface area contributed by atoms with Gasteiger partial charge in [-0.1, -0.05) is 27.2 Å². The number of hydrogen-bond acceptors (Lipinski definition) is 3. The number of nitrogens with zero attached hydrogens (tertiary/aromatic N) is 3. The molecule has 0 saturated carbocycles. The van der Waals surface area contributed by atoms with Gasteiger partial charge >= 0.3 is 0 Å². The molecule has 0 saturated heterocycles. The minimum atomic E-state index is 0.381. The van der Waals surface area contributed by atoms with E-state index in [1.165, 1.54) is 0 Å². The van der Waals surface area contributed by atoms with Gasteiger partial charge in [0.05, 0.1) is 18.1 Å². The normalized spacial score (nSPS) is 10.5. The van der Waals surface area contributed by atoms with Crippen LogP contribution in [0.3, 0.4) is 0 Å². The Morgan fingerprint density at radius 3 is 3.00 bits per heavy atom. The maximum Gasteiger partial charge on any atom is 0.120 e. The van der Waals surface area contributed by atoms with Gasteiger partial charge in [-0.3, -0.25) is 0 Å². The first-order valence-corrected chi connectivity index (χ1v) is 6.44. The molecule has 0 amide bonds. The van der Waals surface area contributed by atoms with E-state index in [4.69, 9.17) is 16.3 Å². The Bertz CT molecular complexity index is 489. The number of halogens is 2. The lowest BCUT2D eigenvalue weighted by Crippen LogP contribution is -2.08. The van der Waals surface area contributed by atoms with Gasteiger partial charge < -0.3 is 4.74 Å². The summed E-state index contributed by atoms with van der Waals surface area (Å²) in [6.45, 7) is 1.19. The lowest BCUT2D eigenvalue weighted by Gasteiger charge is -2.05. The van der Waals surface area contributed by atoms with Crippen molar-refractivity contribution >= 4 is 27.5 Å². The summed E-state index contributed by atoms with van der Waals surface area (Å²) in [5, 5.41) is 7.82. The molecule has 0 spiro atoms. The number of benzene rings is 1. The fourth-order valence-electron chi connectivity index (χ4n) is 1.32. The second-order valence-electron chi connectivity index (χ2n) is 3.41. The van der Waals surface area contributed by atoms with Crippen LogP contribution in [0.1, 0.15) is 5.69 Å². The van der Waals surface area contributed by atoms with Gasteiger partial charge in [-0.2, -0.15) is 0 Å². The molecule has 90 valence electrons. The second kappa shape index (κ2) is 6.02. The van der Waals surface area contributed by atoms with Crippen LogP contribution in [0.15, 0.2) is 34.9 Å². The van der Waals surface area contributed by atoms with Crippen LogP contribution in [0.5, 0.6) is 5.75 Å². The van der Waals surface area contributed by atoms with E-state index >= 15 is 0 Å². The molecule has 0 aliphatic heterocycles. The van der Waals surface area contributed by atoms with Crippen molar-refractivity contribution in [3.8, 4) is 5.75 Å². The highest BCUT2D eigenvalue weighted by atomic mass is 79.9. The third kappa shape index (κ3) is 3.71. The first-order valence-electron chi connectivity index (χ1n) is 5.11. The molecule has 2 aromatic rings. The van der Waals surface area contributed by atoms with Crippen LogP contribution >= 0.6 is 27.5 Å². The van der Waals surface area contributed by atoms with E-state index in [9.17, 15) is 0 Å². The molecule has 0 N–H and O–H groups in total. The summed E-state index contributed by atoms with van der Waals surface area (Å²) >= 11 is 9.02. The number of ether oxygens (including phenoxy) is 1. The van der Waals surface area contributed by atoms with Crippen molar-refractivity contribution in [2.45, 2.75) is 12.4 Å². The zero-order valence-corrected chi connectivity index (χ0v) is 11.4. The molecule has 6 heteroatoms. The number of aromatic nitrogens is 3. The Kier molecular flexibility index (Phi) is 4.39. The van der Waals surface area contributed by atoms with E-state index in [2.05, 4.69) is 26.2 Å². The van der Waals surface area contributed by atoms with Gasteiger partial charge in [0.15, 0.2) is 0 Å². The predicted molar refractivity (Wildman–Crippen MR) is 69.2 cm³/mol.